The lowest BCUT2D eigenvalue weighted by Gasteiger charge is -2.18. The molecule has 0 bridgehead atoms. The second-order valence-electron chi connectivity index (χ2n) is 7.25. The maximum atomic E-state index is 12.0. The van der Waals surface area contributed by atoms with E-state index in [9.17, 15) is 9.59 Å². The fraction of sp³-hybridized carbons (Fsp3) is 0.500. The lowest BCUT2D eigenvalue weighted by atomic mass is 10.1. The predicted octanol–water partition coefficient (Wildman–Crippen LogP) is -0.118. The maximum Gasteiger partial charge on any atom is 0.341 e. The molecule has 13 nitrogen and oxygen atoms in total. The molecular weight excluding hydrogens is 414 g/mol. The van der Waals surface area contributed by atoms with Crippen LogP contribution in [0.4, 0.5) is 0 Å². The quantitative estimate of drug-likeness (QED) is 0.600. The molecule has 0 spiro atoms. The summed E-state index contributed by atoms with van der Waals surface area (Å²) in [7, 11) is 0. The molecule has 3 aliphatic rings. The van der Waals surface area contributed by atoms with Crippen molar-refractivity contribution in [2.75, 3.05) is 20.0 Å². The van der Waals surface area contributed by atoms with E-state index in [1.54, 1.807) is 18.2 Å². The normalized spacial score (nSPS) is 25.9. The van der Waals surface area contributed by atoms with Crippen molar-refractivity contribution in [2.24, 2.45) is 0 Å². The Morgan fingerprint density at radius 3 is 2.87 bits per heavy atom. The van der Waals surface area contributed by atoms with Crippen LogP contribution >= 0.6 is 0 Å². The number of aromatic nitrogens is 4. The molecule has 164 valence electrons. The lowest BCUT2D eigenvalue weighted by Crippen LogP contribution is -2.44. The van der Waals surface area contributed by atoms with Gasteiger partial charge in [0.25, 0.3) is 0 Å². The smallest absolute Gasteiger partial charge is 0.341 e. The van der Waals surface area contributed by atoms with Crippen molar-refractivity contribution in [3.8, 4) is 23.3 Å². The predicted molar refractivity (Wildman–Crippen MR) is 97.8 cm³/mol. The molecule has 2 saturated heterocycles. The average molecular weight is 433 g/mol. The number of rotatable bonds is 7. The highest BCUT2D eigenvalue weighted by Crippen LogP contribution is 2.38. The number of aliphatic carboxylic acids is 1. The van der Waals surface area contributed by atoms with E-state index in [0.29, 0.717) is 17.2 Å². The van der Waals surface area contributed by atoms with E-state index in [0.717, 1.165) is 0 Å². The Morgan fingerprint density at radius 1 is 1.16 bits per heavy atom. The van der Waals surface area contributed by atoms with Crippen molar-refractivity contribution in [1.82, 2.24) is 25.5 Å². The van der Waals surface area contributed by atoms with Gasteiger partial charge in [0.2, 0.25) is 12.7 Å². The van der Waals surface area contributed by atoms with Gasteiger partial charge >= 0.3 is 12.0 Å². The minimum atomic E-state index is -1.03. The summed E-state index contributed by atoms with van der Waals surface area (Å²) in [5, 5.41) is 23.2. The van der Waals surface area contributed by atoms with Gasteiger partial charge in [0.05, 0.1) is 25.7 Å². The van der Waals surface area contributed by atoms with E-state index in [-0.39, 0.29) is 56.8 Å². The molecule has 0 saturated carbocycles. The zero-order valence-electron chi connectivity index (χ0n) is 16.2. The third-order valence-corrected chi connectivity index (χ3v) is 5.27. The topological polar surface area (TPSA) is 156 Å². The van der Waals surface area contributed by atoms with Gasteiger partial charge in [0.1, 0.15) is 24.0 Å². The van der Waals surface area contributed by atoms with E-state index in [1.165, 1.54) is 4.68 Å². The van der Waals surface area contributed by atoms with E-state index in [4.69, 9.17) is 28.8 Å². The summed E-state index contributed by atoms with van der Waals surface area (Å²) in [5.41, 5.74) is 0. The molecule has 31 heavy (non-hydrogen) atoms. The van der Waals surface area contributed by atoms with Crippen LogP contribution in [0.15, 0.2) is 18.2 Å². The van der Waals surface area contributed by atoms with Gasteiger partial charge in [0.15, 0.2) is 11.5 Å². The minimum Gasteiger partial charge on any atom is -0.481 e. The summed E-state index contributed by atoms with van der Waals surface area (Å²) in [6, 6.07) is 4.55. The number of ether oxygens (including phenoxy) is 5. The molecule has 4 atom stereocenters. The molecule has 3 aliphatic heterocycles. The standard InChI is InChI=1S/C18H19N5O8/c24-14(3-4-15(25)26)19-10-6-27-17-11(7-28-16(10)17)23-18(20-21-22-23)31-9-1-2-12-13(5-9)30-8-29-12/h1-2,5,10-11,16-17H,3-4,6-8H2,(H,19,24)(H,25,26)/t10-,11-,16+,17+/m0/s1. The first-order valence-electron chi connectivity index (χ1n) is 9.68. The molecule has 0 aliphatic carbocycles. The molecule has 1 amide bonds. The van der Waals surface area contributed by atoms with Gasteiger partial charge in [0, 0.05) is 12.5 Å². The number of carbonyl (C=O) groups is 2. The number of benzene rings is 1. The summed E-state index contributed by atoms with van der Waals surface area (Å²) in [5.74, 6) is 0.294. The van der Waals surface area contributed by atoms with Gasteiger partial charge in [-0.25, -0.2) is 0 Å². The molecule has 2 aromatic rings. The molecule has 5 rings (SSSR count). The number of fused-ring (bicyclic) bond motifs is 2. The summed E-state index contributed by atoms with van der Waals surface area (Å²) in [4.78, 5) is 22.6. The van der Waals surface area contributed by atoms with Crippen LogP contribution in [0.1, 0.15) is 18.9 Å². The minimum absolute atomic E-state index is 0.104. The zero-order chi connectivity index (χ0) is 21.4. The van der Waals surface area contributed by atoms with Crippen molar-refractivity contribution in [3.05, 3.63) is 18.2 Å². The molecule has 2 fully saturated rings. The Balaban J connectivity index is 1.25. The van der Waals surface area contributed by atoms with Crippen LogP contribution in [0.3, 0.4) is 0 Å². The number of tetrazole rings is 1. The molecule has 13 heteroatoms. The van der Waals surface area contributed by atoms with E-state index >= 15 is 0 Å². The second kappa shape index (κ2) is 8.00. The number of carboxylic acids is 1. The number of hydrogen-bond donors (Lipinski definition) is 2. The second-order valence-corrected chi connectivity index (χ2v) is 7.25. The number of hydrogen-bond acceptors (Lipinski definition) is 10. The van der Waals surface area contributed by atoms with E-state index in [1.807, 2.05) is 0 Å². The SMILES string of the molecule is O=C(O)CCC(=O)N[C@H]1CO[C@H]2[C@@H]1OC[C@@H]2n1nnnc1Oc1ccc2c(c1)OCO2. The first-order valence-corrected chi connectivity index (χ1v) is 9.68. The van der Waals surface area contributed by atoms with Gasteiger partial charge in [-0.3, -0.25) is 9.59 Å². The highest BCUT2D eigenvalue weighted by atomic mass is 16.7. The summed E-state index contributed by atoms with van der Waals surface area (Å²) < 4.78 is 29.7. The lowest BCUT2D eigenvalue weighted by molar-refractivity contribution is -0.139. The Kier molecular flexibility index (Phi) is 5.03. The Bertz CT molecular complexity index is 997. The van der Waals surface area contributed by atoms with Crippen LogP contribution in [0.5, 0.6) is 23.3 Å². The van der Waals surface area contributed by atoms with Crippen LogP contribution < -0.4 is 19.5 Å². The van der Waals surface area contributed by atoms with Crippen molar-refractivity contribution in [2.45, 2.75) is 37.1 Å². The molecular formula is C18H19N5O8. The fourth-order valence-corrected chi connectivity index (χ4v) is 3.82. The molecule has 2 N–H and O–H groups in total. The first kappa shape index (κ1) is 19.5. The summed E-state index contributed by atoms with van der Waals surface area (Å²) in [6.07, 6.45) is -1.14. The van der Waals surface area contributed by atoms with Gasteiger partial charge in [-0.15, -0.1) is 0 Å². The van der Waals surface area contributed by atoms with Crippen molar-refractivity contribution in [3.63, 3.8) is 0 Å². The molecule has 0 radical (unpaired) electrons. The van der Waals surface area contributed by atoms with Crippen LogP contribution in [0.25, 0.3) is 0 Å². The third-order valence-electron chi connectivity index (χ3n) is 5.27. The van der Waals surface area contributed by atoms with Gasteiger partial charge in [-0.1, -0.05) is 5.10 Å². The highest BCUT2D eigenvalue weighted by Gasteiger charge is 2.50. The van der Waals surface area contributed by atoms with Gasteiger partial charge in [-0.2, -0.15) is 4.68 Å². The number of amides is 1. The van der Waals surface area contributed by atoms with Crippen molar-refractivity contribution >= 4 is 11.9 Å². The van der Waals surface area contributed by atoms with Crippen LogP contribution in [-0.4, -0.2) is 75.4 Å². The zero-order valence-corrected chi connectivity index (χ0v) is 16.2. The van der Waals surface area contributed by atoms with Gasteiger partial charge < -0.3 is 34.1 Å². The number of nitrogens with one attached hydrogen (secondary N) is 1. The average Bonchev–Trinajstić information content (AvgIpc) is 3.52. The Labute approximate surface area is 175 Å². The third kappa shape index (κ3) is 3.84. The molecule has 4 heterocycles. The monoisotopic (exact) mass is 433 g/mol. The van der Waals surface area contributed by atoms with E-state index < -0.39 is 18.2 Å². The van der Waals surface area contributed by atoms with Crippen LogP contribution in [-0.2, 0) is 19.1 Å². The Morgan fingerprint density at radius 2 is 2.00 bits per heavy atom. The number of nitrogens with zero attached hydrogens (tertiary/aromatic N) is 4. The molecule has 1 aromatic carbocycles. The number of carboxylic acid groups (broad SMARTS) is 1. The van der Waals surface area contributed by atoms with Gasteiger partial charge in [-0.05, 0) is 22.6 Å². The highest BCUT2D eigenvalue weighted by molar-refractivity contribution is 5.80. The largest absolute Gasteiger partial charge is 0.481 e. The molecule has 1 aromatic heterocycles. The van der Waals surface area contributed by atoms with Crippen molar-refractivity contribution < 1.29 is 38.4 Å². The van der Waals surface area contributed by atoms with Crippen LogP contribution in [0.2, 0.25) is 0 Å². The Hall–Kier alpha value is -3.45. The fourth-order valence-electron chi connectivity index (χ4n) is 3.82. The maximum absolute atomic E-state index is 12.0. The van der Waals surface area contributed by atoms with Crippen molar-refractivity contribution in [1.29, 1.82) is 0 Å². The number of carbonyl (C=O) groups excluding carboxylic acids is 1. The summed E-state index contributed by atoms with van der Waals surface area (Å²) in [6.45, 7) is 0.662. The summed E-state index contributed by atoms with van der Waals surface area (Å²) >= 11 is 0. The first-order chi connectivity index (χ1) is 15.1. The molecule has 0 unspecified atom stereocenters. The van der Waals surface area contributed by atoms with E-state index in [2.05, 4.69) is 20.8 Å². The van der Waals surface area contributed by atoms with Crippen LogP contribution in [0, 0.1) is 0 Å².